The number of halogens is 1. The summed E-state index contributed by atoms with van der Waals surface area (Å²) < 4.78 is 17.4. The van der Waals surface area contributed by atoms with Crippen molar-refractivity contribution in [2.45, 2.75) is 37.3 Å². The summed E-state index contributed by atoms with van der Waals surface area (Å²) in [6.07, 6.45) is 6.47. The number of allylic oxidation sites excluding steroid dienone is 1. The van der Waals surface area contributed by atoms with Crippen LogP contribution in [0.4, 0.5) is 4.39 Å². The summed E-state index contributed by atoms with van der Waals surface area (Å²) in [7, 11) is 1.46. The smallest absolute Gasteiger partial charge is 0.310 e. The second kappa shape index (κ2) is 9.21. The van der Waals surface area contributed by atoms with Gasteiger partial charge in [-0.15, -0.1) is 0 Å². The van der Waals surface area contributed by atoms with Crippen LogP contribution in [0.2, 0.25) is 0 Å². The molecular formula is C19H23FNO2Y-. The van der Waals surface area contributed by atoms with Crippen molar-refractivity contribution in [2.24, 2.45) is 5.92 Å². The number of hydrogen-bond acceptors (Lipinski definition) is 3. The van der Waals surface area contributed by atoms with Crippen molar-refractivity contribution in [2.75, 3.05) is 20.3 Å². The minimum absolute atomic E-state index is 0. The molecule has 3 rings (SSSR count). The van der Waals surface area contributed by atoms with Crippen LogP contribution in [0.15, 0.2) is 36.4 Å². The Kier molecular flexibility index (Phi) is 7.58. The fourth-order valence-electron chi connectivity index (χ4n) is 4.30. The van der Waals surface area contributed by atoms with Gasteiger partial charge >= 0.3 is 5.97 Å². The van der Waals surface area contributed by atoms with Crippen molar-refractivity contribution in [3.63, 3.8) is 0 Å². The van der Waals surface area contributed by atoms with Gasteiger partial charge in [-0.3, -0.25) is 9.69 Å². The Morgan fingerprint density at radius 2 is 2.12 bits per heavy atom. The summed E-state index contributed by atoms with van der Waals surface area (Å²) in [5, 5.41) is 0. The van der Waals surface area contributed by atoms with Crippen LogP contribution in [-0.2, 0) is 42.2 Å². The second-order valence-corrected chi connectivity index (χ2v) is 6.35. The molecule has 2 heterocycles. The van der Waals surface area contributed by atoms with Gasteiger partial charge in [0.2, 0.25) is 0 Å². The number of piperidine rings is 1. The van der Waals surface area contributed by atoms with Crippen LogP contribution in [0.3, 0.4) is 0 Å². The Labute approximate surface area is 168 Å². The summed E-state index contributed by atoms with van der Waals surface area (Å²) >= 11 is 0. The second-order valence-electron chi connectivity index (χ2n) is 6.35. The van der Waals surface area contributed by atoms with Crippen LogP contribution in [0.5, 0.6) is 0 Å². The van der Waals surface area contributed by atoms with E-state index in [2.05, 4.69) is 23.1 Å². The molecule has 1 aromatic rings. The first-order valence-electron chi connectivity index (χ1n) is 8.26. The van der Waals surface area contributed by atoms with E-state index in [9.17, 15) is 9.18 Å². The number of methoxy groups -OCH3 is 1. The Morgan fingerprint density at radius 3 is 2.79 bits per heavy atom. The van der Waals surface area contributed by atoms with E-state index in [1.165, 1.54) is 12.7 Å². The molecule has 0 amide bonds. The van der Waals surface area contributed by atoms with Gasteiger partial charge < -0.3 is 4.74 Å². The van der Waals surface area contributed by atoms with Gasteiger partial charge in [0.1, 0.15) is 6.67 Å². The zero-order valence-electron chi connectivity index (χ0n) is 14.0. The molecule has 0 aliphatic carbocycles. The third kappa shape index (κ3) is 3.97. The maximum Gasteiger partial charge on any atom is 0.310 e. The summed E-state index contributed by atoms with van der Waals surface area (Å²) in [6.45, 7) is 0.273. The molecule has 127 valence electrons. The van der Waals surface area contributed by atoms with Gasteiger partial charge in [-0.05, 0) is 25.2 Å². The molecule has 4 atom stereocenters. The van der Waals surface area contributed by atoms with Gasteiger partial charge in [-0.1, -0.05) is 12.2 Å². The number of nitrogens with zero attached hydrogens (tertiary/aromatic N) is 1. The molecular weight excluding hydrogens is 381 g/mol. The SMILES string of the molecule is COC(=O)C1C(c2cc[c-]cc2)CC2CCC1N2C/C=C/C[18F].[Y]. The molecule has 2 bridgehead atoms. The molecule has 2 aliphatic rings. The standard InChI is InChI=1S/C19H23FNO2.Y/c1-23-19(22)18-16(14-7-3-2-4-8-14)13-15-9-10-17(18)21(15)12-6-5-11-20;/h3-8,15-18H,9-13H2,1H3;/q-1;/b6-5+;/i20-1;. The van der Waals surface area contributed by atoms with Crippen molar-refractivity contribution in [1.29, 1.82) is 0 Å². The predicted molar refractivity (Wildman–Crippen MR) is 86.8 cm³/mol. The molecule has 5 heteroatoms. The van der Waals surface area contributed by atoms with Crippen LogP contribution in [-0.4, -0.2) is 43.3 Å². The van der Waals surface area contributed by atoms with Crippen molar-refractivity contribution in [3.8, 4) is 0 Å². The van der Waals surface area contributed by atoms with E-state index in [0.717, 1.165) is 19.3 Å². The Bertz CT molecular complexity index is 566. The van der Waals surface area contributed by atoms with Crippen LogP contribution < -0.4 is 0 Å². The molecule has 3 nitrogen and oxygen atoms in total. The maximum absolute atomic E-state index is 12.5. The largest absolute Gasteiger partial charge is 0.469 e. The Hall–Kier alpha value is -0.576. The van der Waals surface area contributed by atoms with Crippen molar-refractivity contribution < 1.29 is 46.6 Å². The average molecular weight is 404 g/mol. The average Bonchev–Trinajstić information content (AvgIpc) is 2.87. The van der Waals surface area contributed by atoms with Gasteiger partial charge in [0.05, 0.1) is 13.0 Å². The Morgan fingerprint density at radius 1 is 1.38 bits per heavy atom. The molecule has 1 radical (unpaired) electrons. The zero-order valence-corrected chi connectivity index (χ0v) is 16.9. The van der Waals surface area contributed by atoms with Gasteiger partial charge in [0.25, 0.3) is 0 Å². The third-order valence-corrected chi connectivity index (χ3v) is 5.28. The van der Waals surface area contributed by atoms with Gasteiger partial charge in [0.15, 0.2) is 0 Å². The quantitative estimate of drug-likeness (QED) is 0.429. The first kappa shape index (κ1) is 19.7. The monoisotopic (exact) mass is 404 g/mol. The molecule has 2 aliphatic heterocycles. The molecule has 4 unspecified atom stereocenters. The molecule has 0 aromatic heterocycles. The molecule has 0 spiro atoms. The van der Waals surface area contributed by atoms with E-state index in [-0.39, 0.29) is 56.6 Å². The van der Waals surface area contributed by atoms with Gasteiger partial charge in [-0.2, -0.15) is 35.9 Å². The normalized spacial score (nSPS) is 29.4. The van der Waals surface area contributed by atoms with E-state index in [1.807, 2.05) is 18.2 Å². The van der Waals surface area contributed by atoms with Crippen LogP contribution in [0, 0.1) is 12.0 Å². The first-order valence-corrected chi connectivity index (χ1v) is 8.26. The van der Waals surface area contributed by atoms with Crippen LogP contribution in [0.1, 0.15) is 30.7 Å². The number of hydrogen-bond donors (Lipinski definition) is 0. The van der Waals surface area contributed by atoms with Gasteiger partial charge in [-0.25, -0.2) is 4.39 Å². The fraction of sp³-hybridized carbons (Fsp3) is 0.526. The number of carbonyl (C=O) groups is 1. The summed E-state index contributed by atoms with van der Waals surface area (Å²) in [6, 6.07) is 11.6. The number of esters is 1. The molecule has 2 fully saturated rings. The fourth-order valence-corrected chi connectivity index (χ4v) is 4.30. The van der Waals surface area contributed by atoms with E-state index >= 15 is 0 Å². The summed E-state index contributed by atoms with van der Waals surface area (Å²) in [5.41, 5.74) is 1.19. The number of rotatable bonds is 5. The molecule has 0 saturated carbocycles. The number of benzene rings is 1. The summed E-state index contributed by atoms with van der Waals surface area (Å²) in [4.78, 5) is 14.8. The van der Waals surface area contributed by atoms with E-state index in [0.29, 0.717) is 12.6 Å². The molecule has 24 heavy (non-hydrogen) atoms. The van der Waals surface area contributed by atoms with Crippen molar-refractivity contribution >= 4 is 5.97 Å². The maximum atomic E-state index is 12.5. The van der Waals surface area contributed by atoms with Crippen LogP contribution >= 0.6 is 0 Å². The topological polar surface area (TPSA) is 29.5 Å². The third-order valence-electron chi connectivity index (χ3n) is 5.28. The first-order chi connectivity index (χ1) is 11.3. The van der Waals surface area contributed by atoms with Gasteiger partial charge in [0, 0.05) is 51.3 Å². The minimum atomic E-state index is -0.438. The van der Waals surface area contributed by atoms with E-state index in [1.54, 1.807) is 6.08 Å². The predicted octanol–water partition coefficient (Wildman–Crippen LogP) is 3.12. The van der Waals surface area contributed by atoms with Crippen LogP contribution in [0.25, 0.3) is 0 Å². The number of fused-ring (bicyclic) bond motifs is 2. The van der Waals surface area contributed by atoms with Crippen molar-refractivity contribution in [3.05, 3.63) is 48.0 Å². The summed E-state index contributed by atoms with van der Waals surface area (Å²) in [5.74, 6) is -0.0939. The zero-order chi connectivity index (χ0) is 16.2. The molecule has 0 N–H and O–H groups in total. The van der Waals surface area contributed by atoms with E-state index in [4.69, 9.17) is 4.74 Å². The number of ether oxygens (including phenoxy) is 1. The number of alkyl halides is 1. The van der Waals surface area contributed by atoms with E-state index < -0.39 is 6.67 Å². The number of carbonyl (C=O) groups excluding carboxylic acids is 1. The van der Waals surface area contributed by atoms with Crippen molar-refractivity contribution in [1.82, 2.24) is 4.90 Å². The Balaban J connectivity index is 0.00000208. The molecule has 2 saturated heterocycles. The minimum Gasteiger partial charge on any atom is -0.469 e. The molecule has 1 aromatic carbocycles.